The molecule has 0 radical (unpaired) electrons. The molecule has 1 saturated heterocycles. The van der Waals surface area contributed by atoms with Crippen LogP contribution >= 0.6 is 0 Å². The van der Waals surface area contributed by atoms with E-state index in [1.807, 2.05) is 23.1 Å². The van der Waals surface area contributed by atoms with Crippen molar-refractivity contribution in [1.82, 2.24) is 9.80 Å². The summed E-state index contributed by atoms with van der Waals surface area (Å²) < 4.78 is 0. The van der Waals surface area contributed by atoms with Gasteiger partial charge in [0.2, 0.25) is 0 Å². The Hall–Kier alpha value is -2.63. The van der Waals surface area contributed by atoms with Crippen LogP contribution in [0.15, 0.2) is 60.7 Å². The lowest BCUT2D eigenvalue weighted by Crippen LogP contribution is -2.49. The number of hydrogen-bond donors (Lipinski definition) is 2. The van der Waals surface area contributed by atoms with Crippen LogP contribution in [-0.4, -0.2) is 58.7 Å². The molecule has 2 aromatic carbocycles. The van der Waals surface area contributed by atoms with Crippen molar-refractivity contribution in [3.8, 4) is 5.75 Å². The molecule has 1 fully saturated rings. The molecule has 0 aliphatic carbocycles. The highest BCUT2D eigenvalue weighted by molar-refractivity contribution is 5.75. The summed E-state index contributed by atoms with van der Waals surface area (Å²) in [7, 11) is 0. The number of aliphatic carboxylic acids is 1. The van der Waals surface area contributed by atoms with Crippen molar-refractivity contribution in [3.05, 3.63) is 71.8 Å². The van der Waals surface area contributed by atoms with Crippen LogP contribution in [0.5, 0.6) is 5.75 Å². The normalized spacial score (nSPS) is 17.4. The molecule has 0 spiro atoms. The first kappa shape index (κ1) is 18.2. The number of aromatic hydroxyl groups is 1. The zero-order valence-electron chi connectivity index (χ0n) is 14.7. The third-order valence-corrected chi connectivity index (χ3v) is 4.69. The third kappa shape index (κ3) is 4.71. The van der Waals surface area contributed by atoms with Gasteiger partial charge in [-0.3, -0.25) is 14.6 Å². The van der Waals surface area contributed by atoms with Gasteiger partial charge in [-0.25, -0.2) is 0 Å². The Morgan fingerprint density at radius 2 is 1.65 bits per heavy atom. The van der Waals surface area contributed by atoms with Crippen LogP contribution in [0.3, 0.4) is 0 Å². The average Bonchev–Trinajstić information content (AvgIpc) is 2.65. The summed E-state index contributed by atoms with van der Waals surface area (Å²) in [6.07, 6.45) is 4.27. The van der Waals surface area contributed by atoms with Gasteiger partial charge in [0.05, 0.1) is 0 Å². The zero-order valence-corrected chi connectivity index (χ0v) is 14.7. The van der Waals surface area contributed by atoms with E-state index in [9.17, 15) is 15.0 Å². The summed E-state index contributed by atoms with van der Waals surface area (Å²) in [4.78, 5) is 16.1. The second-order valence-corrected chi connectivity index (χ2v) is 6.48. The van der Waals surface area contributed by atoms with Gasteiger partial charge in [-0.15, -0.1) is 0 Å². The summed E-state index contributed by atoms with van der Waals surface area (Å²) >= 11 is 0. The molecule has 0 saturated carbocycles. The number of rotatable bonds is 6. The Morgan fingerprint density at radius 3 is 2.27 bits per heavy atom. The largest absolute Gasteiger partial charge is 0.508 e. The van der Waals surface area contributed by atoms with Crippen molar-refractivity contribution in [3.63, 3.8) is 0 Å². The van der Waals surface area contributed by atoms with Crippen molar-refractivity contribution < 1.29 is 15.0 Å². The Labute approximate surface area is 153 Å². The van der Waals surface area contributed by atoms with E-state index >= 15 is 0 Å². The van der Waals surface area contributed by atoms with Gasteiger partial charge in [-0.2, -0.15) is 0 Å². The zero-order chi connectivity index (χ0) is 18.4. The first-order valence-corrected chi connectivity index (χ1v) is 8.83. The van der Waals surface area contributed by atoms with Crippen LogP contribution in [0.1, 0.15) is 17.2 Å². The van der Waals surface area contributed by atoms with Gasteiger partial charge < -0.3 is 10.2 Å². The highest BCUT2D eigenvalue weighted by Gasteiger charge is 2.29. The minimum atomic E-state index is -0.854. The average molecular weight is 352 g/mol. The number of phenolic OH excluding ortho intramolecular Hbond substituents is 1. The van der Waals surface area contributed by atoms with E-state index in [2.05, 4.69) is 29.2 Å². The standard InChI is InChI=1S/C21H24N2O3/c24-19-10-8-18(9-11-19)20(21(25)26)23-15-13-22(14-16-23)12-4-7-17-5-2-1-3-6-17/h1-11,20,24H,12-16H2,(H,25,26)/b7-4+. The number of nitrogens with zero attached hydrogens (tertiary/aromatic N) is 2. The van der Waals surface area contributed by atoms with Crippen molar-refractivity contribution in [2.24, 2.45) is 0 Å². The van der Waals surface area contributed by atoms with Crippen LogP contribution < -0.4 is 0 Å². The van der Waals surface area contributed by atoms with E-state index in [0.29, 0.717) is 18.7 Å². The molecule has 5 heteroatoms. The van der Waals surface area contributed by atoms with Gasteiger partial charge in [-0.1, -0.05) is 54.6 Å². The van der Waals surface area contributed by atoms with Crippen LogP contribution in [0.2, 0.25) is 0 Å². The molecule has 1 aliphatic rings. The Balaban J connectivity index is 1.55. The van der Waals surface area contributed by atoms with Gasteiger partial charge in [-0.05, 0) is 23.3 Å². The molecule has 136 valence electrons. The lowest BCUT2D eigenvalue weighted by atomic mass is 10.0. The maximum Gasteiger partial charge on any atom is 0.325 e. The number of carbonyl (C=O) groups is 1. The predicted molar refractivity (Wildman–Crippen MR) is 102 cm³/mol. The minimum absolute atomic E-state index is 0.146. The highest BCUT2D eigenvalue weighted by Crippen LogP contribution is 2.24. The molecule has 2 aromatic rings. The van der Waals surface area contributed by atoms with Gasteiger partial charge >= 0.3 is 5.97 Å². The van der Waals surface area contributed by atoms with Crippen molar-refractivity contribution in [1.29, 1.82) is 0 Å². The van der Waals surface area contributed by atoms with Crippen LogP contribution in [-0.2, 0) is 4.79 Å². The Kier molecular flexibility index (Phi) is 6.04. The van der Waals surface area contributed by atoms with Gasteiger partial charge in [0.25, 0.3) is 0 Å². The van der Waals surface area contributed by atoms with E-state index in [4.69, 9.17) is 0 Å². The molecule has 3 rings (SSSR count). The molecule has 0 amide bonds. The molecule has 2 N–H and O–H groups in total. The molecule has 0 bridgehead atoms. The number of piperazine rings is 1. The number of phenols is 1. The molecule has 26 heavy (non-hydrogen) atoms. The first-order chi connectivity index (χ1) is 12.6. The monoisotopic (exact) mass is 352 g/mol. The maximum atomic E-state index is 11.8. The molecular formula is C21H24N2O3. The fourth-order valence-corrected chi connectivity index (χ4v) is 3.27. The minimum Gasteiger partial charge on any atom is -0.508 e. The fraction of sp³-hybridized carbons (Fsp3) is 0.286. The molecule has 1 atom stereocenters. The third-order valence-electron chi connectivity index (χ3n) is 4.69. The smallest absolute Gasteiger partial charge is 0.325 e. The number of benzene rings is 2. The van der Waals surface area contributed by atoms with Gasteiger partial charge in [0.1, 0.15) is 11.8 Å². The summed E-state index contributed by atoms with van der Waals surface area (Å²) in [5.74, 6) is -0.707. The van der Waals surface area contributed by atoms with E-state index in [0.717, 1.165) is 19.6 Å². The van der Waals surface area contributed by atoms with E-state index in [1.165, 1.54) is 17.7 Å². The number of carboxylic acid groups (broad SMARTS) is 1. The number of hydrogen-bond acceptors (Lipinski definition) is 4. The van der Waals surface area contributed by atoms with Crippen LogP contribution in [0.25, 0.3) is 6.08 Å². The Morgan fingerprint density at radius 1 is 1.00 bits per heavy atom. The molecule has 0 aromatic heterocycles. The fourth-order valence-electron chi connectivity index (χ4n) is 3.27. The van der Waals surface area contributed by atoms with Crippen molar-refractivity contribution in [2.75, 3.05) is 32.7 Å². The van der Waals surface area contributed by atoms with Crippen molar-refractivity contribution in [2.45, 2.75) is 6.04 Å². The lowest BCUT2D eigenvalue weighted by molar-refractivity contribution is -0.144. The summed E-state index contributed by atoms with van der Waals surface area (Å²) in [5, 5.41) is 19.1. The summed E-state index contributed by atoms with van der Waals surface area (Å²) in [5.41, 5.74) is 1.89. The molecule has 1 heterocycles. The number of carboxylic acids is 1. The summed E-state index contributed by atoms with van der Waals surface area (Å²) in [6, 6.07) is 16.0. The second-order valence-electron chi connectivity index (χ2n) is 6.48. The first-order valence-electron chi connectivity index (χ1n) is 8.83. The summed E-state index contributed by atoms with van der Waals surface area (Å²) in [6.45, 7) is 3.94. The maximum absolute atomic E-state index is 11.8. The second kappa shape index (κ2) is 8.65. The molecule has 1 aliphatic heterocycles. The van der Waals surface area contributed by atoms with Gasteiger partial charge in [0, 0.05) is 32.7 Å². The molecule has 1 unspecified atom stereocenters. The van der Waals surface area contributed by atoms with Crippen LogP contribution in [0, 0.1) is 0 Å². The predicted octanol–water partition coefficient (Wildman–Crippen LogP) is 2.85. The molecular weight excluding hydrogens is 328 g/mol. The van der Waals surface area contributed by atoms with Crippen molar-refractivity contribution >= 4 is 12.0 Å². The van der Waals surface area contributed by atoms with Crippen LogP contribution in [0.4, 0.5) is 0 Å². The van der Waals surface area contributed by atoms with Gasteiger partial charge in [0.15, 0.2) is 0 Å². The van der Waals surface area contributed by atoms with E-state index in [1.54, 1.807) is 12.1 Å². The van der Waals surface area contributed by atoms with E-state index in [-0.39, 0.29) is 5.75 Å². The highest BCUT2D eigenvalue weighted by atomic mass is 16.4. The SMILES string of the molecule is O=C(O)C(c1ccc(O)cc1)N1CCN(C/C=C/c2ccccc2)CC1. The topological polar surface area (TPSA) is 64.0 Å². The quantitative estimate of drug-likeness (QED) is 0.837. The Bertz CT molecular complexity index is 736. The molecule has 5 nitrogen and oxygen atoms in total. The lowest BCUT2D eigenvalue weighted by Gasteiger charge is -2.37. The van der Waals surface area contributed by atoms with E-state index < -0.39 is 12.0 Å².